The highest BCUT2D eigenvalue weighted by molar-refractivity contribution is 7.74. The number of nitrogens with one attached hydrogen (secondary N) is 1. The van der Waals surface area contributed by atoms with Gasteiger partial charge in [-0.05, 0) is 74.8 Å². The van der Waals surface area contributed by atoms with Crippen LogP contribution in [0, 0.1) is 23.2 Å². The Hall–Kier alpha value is -1.51. The maximum absolute atomic E-state index is 14.1. The van der Waals surface area contributed by atoms with Gasteiger partial charge >= 0.3 is 0 Å². The van der Waals surface area contributed by atoms with Crippen molar-refractivity contribution in [3.63, 3.8) is 0 Å². The number of hydrogen-bond donors (Lipinski definition) is 3. The summed E-state index contributed by atoms with van der Waals surface area (Å²) in [5, 5.41) is 3.66. The number of amides is 2. The van der Waals surface area contributed by atoms with Gasteiger partial charge in [-0.25, -0.2) is 8.42 Å². The van der Waals surface area contributed by atoms with Crippen LogP contribution in [0.4, 0.5) is 5.69 Å². The van der Waals surface area contributed by atoms with Crippen LogP contribution in [0.25, 0.3) is 0 Å². The Balaban J connectivity index is 1.48. The lowest BCUT2D eigenvalue weighted by Crippen LogP contribution is -2.66. The number of anilines is 1. The van der Waals surface area contributed by atoms with E-state index in [0.717, 1.165) is 38.5 Å². The second-order valence-electron chi connectivity index (χ2n) is 10.8. The van der Waals surface area contributed by atoms with Crippen LogP contribution in [0.5, 0.6) is 0 Å². The highest BCUT2D eigenvalue weighted by Crippen LogP contribution is 2.60. The van der Waals surface area contributed by atoms with Gasteiger partial charge in [0.25, 0.3) is 0 Å². The Bertz CT molecular complexity index is 1060. The number of nitrogens with two attached hydrogens (primary N) is 1. The zero-order chi connectivity index (χ0) is 24.3. The third kappa shape index (κ3) is 3.80. The molecule has 3 N–H and O–H groups in total. The predicted octanol–water partition coefficient (Wildman–Crippen LogP) is 3.83. The first-order valence-corrected chi connectivity index (χ1v) is 14.0. The molecule has 1 aromatic carbocycles. The molecule has 5 aliphatic carbocycles. The fourth-order valence-electron chi connectivity index (χ4n) is 7.65. The quantitative estimate of drug-likeness (QED) is 0.488. The van der Waals surface area contributed by atoms with E-state index in [0.29, 0.717) is 31.6 Å². The van der Waals surface area contributed by atoms with Gasteiger partial charge in [-0.2, -0.15) is 0 Å². The van der Waals surface area contributed by atoms with E-state index in [9.17, 15) is 18.0 Å². The van der Waals surface area contributed by atoms with E-state index in [1.807, 2.05) is 0 Å². The molecule has 186 valence electrons. The number of hydrogen-bond acceptors (Lipinski definition) is 4. The monoisotopic (exact) mass is 527 g/mol. The van der Waals surface area contributed by atoms with Crippen LogP contribution >= 0.6 is 23.2 Å². The molecule has 1 aromatic rings. The van der Waals surface area contributed by atoms with E-state index in [-0.39, 0.29) is 45.4 Å². The summed E-state index contributed by atoms with van der Waals surface area (Å²) in [5.74, 6) is 0.360. The van der Waals surface area contributed by atoms with Crippen molar-refractivity contribution in [3.8, 4) is 0 Å². The Morgan fingerprint density at radius 1 is 1.03 bits per heavy atom. The lowest BCUT2D eigenvalue weighted by molar-refractivity contribution is -0.148. The summed E-state index contributed by atoms with van der Waals surface area (Å²) >= 11 is 12.6. The Morgan fingerprint density at radius 3 is 2.26 bits per heavy atom. The fourth-order valence-corrected chi connectivity index (χ4v) is 9.03. The molecule has 0 heterocycles. The molecule has 6 rings (SSSR count). The number of halogens is 2. The number of nitrogens with zero attached hydrogens (tertiary/aromatic N) is 1. The van der Waals surface area contributed by atoms with Crippen molar-refractivity contribution in [2.24, 2.45) is 28.9 Å². The van der Waals surface area contributed by atoms with E-state index in [1.54, 1.807) is 18.2 Å². The zero-order valence-electron chi connectivity index (χ0n) is 19.0. The van der Waals surface area contributed by atoms with Crippen molar-refractivity contribution in [2.45, 2.75) is 75.8 Å². The largest absolute Gasteiger partial charge is 0.369 e. The normalized spacial score (nSPS) is 33.6. The Labute approximate surface area is 211 Å². The molecule has 0 saturated heterocycles. The summed E-state index contributed by atoms with van der Waals surface area (Å²) < 4.78 is 26.5. The predicted molar refractivity (Wildman–Crippen MR) is 132 cm³/mol. The van der Waals surface area contributed by atoms with Gasteiger partial charge in [-0.1, -0.05) is 48.5 Å². The molecule has 5 saturated carbocycles. The minimum atomic E-state index is -3.16. The first-order valence-electron chi connectivity index (χ1n) is 12.2. The maximum atomic E-state index is 14.1. The highest BCUT2D eigenvalue weighted by atomic mass is 35.5. The molecule has 5 fully saturated rings. The van der Waals surface area contributed by atoms with E-state index in [4.69, 9.17) is 28.9 Å². The van der Waals surface area contributed by atoms with Gasteiger partial charge in [0.1, 0.15) is 5.54 Å². The van der Waals surface area contributed by atoms with Crippen molar-refractivity contribution in [3.05, 3.63) is 28.2 Å². The summed E-state index contributed by atoms with van der Waals surface area (Å²) in [7, 11) is -3.16. The number of thiol groups is 1. The van der Waals surface area contributed by atoms with E-state index < -0.39 is 21.8 Å². The Kier molecular flexibility index (Phi) is 6.30. The van der Waals surface area contributed by atoms with Crippen LogP contribution in [0.2, 0.25) is 10.0 Å². The fraction of sp³-hybridized carbons (Fsp3) is 0.667. The van der Waals surface area contributed by atoms with Gasteiger partial charge in [0.15, 0.2) is 0 Å². The summed E-state index contributed by atoms with van der Waals surface area (Å²) in [6.45, 7) is 0. The van der Waals surface area contributed by atoms with Crippen LogP contribution in [0.1, 0.15) is 64.2 Å². The average molecular weight is 529 g/mol. The molecular formula is C24H31Cl2N3O4S. The third-order valence-corrected chi connectivity index (χ3v) is 10.7. The molecule has 0 radical (unpaired) electrons. The molecule has 2 unspecified atom stereocenters. The van der Waals surface area contributed by atoms with Crippen LogP contribution in [-0.2, 0) is 20.5 Å². The Morgan fingerprint density at radius 2 is 1.68 bits per heavy atom. The van der Waals surface area contributed by atoms with Crippen molar-refractivity contribution in [2.75, 3.05) is 4.31 Å². The summed E-state index contributed by atoms with van der Waals surface area (Å²) in [5.41, 5.74) is 4.35. The van der Waals surface area contributed by atoms with Gasteiger partial charge < -0.3 is 11.1 Å². The topological polar surface area (TPSA) is 110 Å². The molecule has 4 bridgehead atoms. The van der Waals surface area contributed by atoms with Crippen LogP contribution < -0.4 is 15.4 Å². The van der Waals surface area contributed by atoms with Crippen molar-refractivity contribution in [1.29, 1.82) is 0 Å². The van der Waals surface area contributed by atoms with Crippen molar-refractivity contribution < 1.29 is 18.0 Å². The SMILES string of the molecule is NC(=O)C12CC3CC(C1)C(NC(=O)C1(N(c4cccc(Cl)c4Cl)[SH](=O)=O)CCCCC1)C(C3)C2. The third-order valence-electron chi connectivity index (χ3n) is 8.93. The lowest BCUT2D eigenvalue weighted by atomic mass is 9.47. The standard InChI is InChI=1S/C24H31Cl2N3O4S/c25-17-5-4-6-18(19(17)26)29(34(32)33)24(7-2-1-3-8-24)22(31)28-20-15-9-14-10-16(20)13-23(11-14,12-15)21(27)30/h4-6,14-16,20,34H,1-3,7-13H2,(H2,27,30)(H,28,31). The molecule has 2 amide bonds. The molecule has 0 spiro atoms. The maximum Gasteiger partial charge on any atom is 0.247 e. The number of carbonyl (C=O) groups is 2. The number of carbonyl (C=O) groups excluding carboxylic acids is 2. The van der Waals surface area contributed by atoms with Crippen molar-refractivity contribution in [1.82, 2.24) is 5.32 Å². The molecule has 7 nitrogen and oxygen atoms in total. The first-order chi connectivity index (χ1) is 16.2. The molecule has 2 atom stereocenters. The minimum Gasteiger partial charge on any atom is -0.369 e. The van der Waals surface area contributed by atoms with E-state index in [2.05, 4.69) is 5.32 Å². The number of benzene rings is 1. The van der Waals surface area contributed by atoms with Crippen molar-refractivity contribution >= 4 is 51.6 Å². The average Bonchev–Trinajstić information content (AvgIpc) is 2.79. The van der Waals surface area contributed by atoms with E-state index in [1.165, 1.54) is 4.31 Å². The van der Waals surface area contributed by atoms with Gasteiger partial charge in [0.05, 0.1) is 15.7 Å². The second-order valence-corrected chi connectivity index (χ2v) is 12.5. The van der Waals surface area contributed by atoms with Gasteiger partial charge in [-0.15, -0.1) is 0 Å². The van der Waals surface area contributed by atoms with Crippen LogP contribution in [-0.4, -0.2) is 31.8 Å². The van der Waals surface area contributed by atoms with Gasteiger partial charge in [0, 0.05) is 11.5 Å². The highest BCUT2D eigenvalue weighted by Gasteiger charge is 2.59. The van der Waals surface area contributed by atoms with Gasteiger partial charge in [-0.3, -0.25) is 13.9 Å². The van der Waals surface area contributed by atoms with Crippen LogP contribution in [0.3, 0.4) is 0 Å². The molecule has 34 heavy (non-hydrogen) atoms. The zero-order valence-corrected chi connectivity index (χ0v) is 21.4. The number of rotatable bonds is 6. The first kappa shape index (κ1) is 24.2. The molecule has 0 aromatic heterocycles. The summed E-state index contributed by atoms with van der Waals surface area (Å²) in [6.07, 6.45) is 7.48. The number of primary amides is 1. The molecule has 10 heteroatoms. The molecule has 0 aliphatic heterocycles. The van der Waals surface area contributed by atoms with E-state index >= 15 is 0 Å². The molecule has 5 aliphatic rings. The van der Waals surface area contributed by atoms with Gasteiger partial charge in [0.2, 0.25) is 22.7 Å². The lowest BCUT2D eigenvalue weighted by Gasteiger charge is -2.59. The minimum absolute atomic E-state index is 0.0726. The summed E-state index contributed by atoms with van der Waals surface area (Å²) in [4.78, 5) is 26.4. The summed E-state index contributed by atoms with van der Waals surface area (Å²) in [6, 6.07) is 4.77. The smallest absolute Gasteiger partial charge is 0.247 e. The second kappa shape index (κ2) is 8.86. The molecular weight excluding hydrogens is 497 g/mol. The van der Waals surface area contributed by atoms with Crippen LogP contribution in [0.15, 0.2) is 18.2 Å².